The Labute approximate surface area is 190 Å². The molecule has 0 aliphatic heterocycles. The summed E-state index contributed by atoms with van der Waals surface area (Å²) < 4.78 is 1.46. The summed E-state index contributed by atoms with van der Waals surface area (Å²) in [5, 5.41) is 0. The van der Waals surface area contributed by atoms with Gasteiger partial charge in [0.05, 0.1) is 28.4 Å². The van der Waals surface area contributed by atoms with Crippen LogP contribution in [0.25, 0.3) is 0 Å². The van der Waals surface area contributed by atoms with E-state index < -0.39 is 7.26 Å². The van der Waals surface area contributed by atoms with Crippen molar-refractivity contribution in [2.24, 2.45) is 0 Å². The van der Waals surface area contributed by atoms with Gasteiger partial charge in [0, 0.05) is 12.1 Å². The largest absolute Gasteiger partial charge is 0.129 e. The molecule has 0 aliphatic carbocycles. The van der Waals surface area contributed by atoms with Crippen molar-refractivity contribution in [1.29, 1.82) is 0 Å². The first-order valence-corrected chi connectivity index (χ1v) is 16.3. The predicted molar refractivity (Wildman–Crippen MR) is 139 cm³/mol. The lowest BCUT2D eigenvalue weighted by Gasteiger charge is -2.28. The maximum absolute atomic E-state index is 3.99. The van der Waals surface area contributed by atoms with Crippen LogP contribution < -0.4 is 0 Å². The lowest BCUT2D eigenvalue weighted by molar-refractivity contribution is 0.757. The molecule has 1 aromatic rings. The Bertz CT molecular complexity index is 501. The molecule has 0 aromatic carbocycles. The molecule has 0 nitrogen and oxygen atoms in total. The summed E-state index contributed by atoms with van der Waals surface area (Å²) in [4.78, 5) is 1.78. The van der Waals surface area contributed by atoms with Gasteiger partial charge < -0.3 is 0 Å². The number of hydrogen-bond acceptors (Lipinski definition) is 1. The van der Waals surface area contributed by atoms with E-state index in [0.29, 0.717) is 0 Å². The molecule has 0 unspecified atom stereocenters. The minimum atomic E-state index is -0.870. The van der Waals surface area contributed by atoms with Gasteiger partial charge in [-0.25, -0.2) is 0 Å². The number of hydrogen-bond donors (Lipinski definition) is 0. The molecular weight excluding hydrogens is 443 g/mol. The van der Waals surface area contributed by atoms with E-state index in [0.717, 1.165) is 0 Å². The van der Waals surface area contributed by atoms with Crippen molar-refractivity contribution in [3.63, 3.8) is 0 Å². The molecule has 1 rings (SSSR count). The molecule has 0 saturated heterocycles. The highest BCUT2D eigenvalue weighted by Crippen LogP contribution is 2.64. The second-order valence-corrected chi connectivity index (χ2v) is 15.5. The number of rotatable bonds is 17. The van der Waals surface area contributed by atoms with Crippen molar-refractivity contribution in [1.82, 2.24) is 0 Å². The molecule has 0 atom stereocenters. The summed E-state index contributed by atoms with van der Waals surface area (Å²) in [7, 11) is -0.870. The molecule has 0 aliphatic rings. The molecule has 28 heavy (non-hydrogen) atoms. The third-order valence-electron chi connectivity index (χ3n) is 6.15. The highest BCUT2D eigenvalue weighted by molar-refractivity contribution is 9.11. The van der Waals surface area contributed by atoms with E-state index in [-0.39, 0.29) is 0 Å². The predicted octanol–water partition coefficient (Wildman–Crippen LogP) is 10.1. The smallest absolute Gasteiger partial charge is 0.0938 e. The molecule has 0 saturated carbocycles. The first-order valence-electron chi connectivity index (χ1n) is 12.2. The van der Waals surface area contributed by atoms with Crippen LogP contribution in [-0.2, 0) is 19.0 Å². The molecule has 0 bridgehead atoms. The Balaban J connectivity index is 3.21. The summed E-state index contributed by atoms with van der Waals surface area (Å²) in [6.45, 7) is 11.8. The summed E-state index contributed by atoms with van der Waals surface area (Å²) in [6.07, 6.45) is 22.3. The van der Waals surface area contributed by atoms with Crippen LogP contribution in [0.2, 0.25) is 0 Å². The third kappa shape index (κ3) is 8.77. The summed E-state index contributed by atoms with van der Waals surface area (Å²) in [5.41, 5.74) is 3.44. The van der Waals surface area contributed by atoms with Crippen molar-refractivity contribution >= 4 is 34.5 Å². The topological polar surface area (TPSA) is 0 Å². The average Bonchev–Trinajstić information content (AvgIpc) is 2.99. The van der Waals surface area contributed by atoms with Crippen molar-refractivity contribution in [3.8, 4) is 0 Å². The van der Waals surface area contributed by atoms with Crippen LogP contribution in [0.1, 0.15) is 115 Å². The standard InChI is InChI=1S/C25H47BrPS/c1-6-11-16-22-23(17-12-7-2)25(26)28-24(22)21-27(18-13-8-3,19-14-9-4)20-15-10-5/h6-21H2,1-5H3/q+1. The van der Waals surface area contributed by atoms with E-state index >= 15 is 0 Å². The molecule has 1 heterocycles. The van der Waals surface area contributed by atoms with Crippen molar-refractivity contribution in [2.45, 2.75) is 118 Å². The van der Waals surface area contributed by atoms with Gasteiger partial charge in [-0.2, -0.15) is 0 Å². The van der Waals surface area contributed by atoms with Gasteiger partial charge in [-0.15, -0.1) is 11.3 Å². The SMILES string of the molecule is CCCCc1c(Br)sc(C[P+](CCCC)(CCCC)CCCC)c1CCCC. The minimum Gasteiger partial charge on any atom is -0.129 e. The van der Waals surface area contributed by atoms with Crippen molar-refractivity contribution in [2.75, 3.05) is 18.5 Å². The Hall–Kier alpha value is 0.610. The third-order valence-corrected chi connectivity index (χ3v) is 13.2. The van der Waals surface area contributed by atoms with E-state index in [1.54, 1.807) is 16.0 Å². The maximum atomic E-state index is 3.99. The van der Waals surface area contributed by atoms with Gasteiger partial charge in [0.25, 0.3) is 0 Å². The summed E-state index contributed by atoms with van der Waals surface area (Å²) in [5.74, 6) is 0. The molecule has 0 amide bonds. The van der Waals surface area contributed by atoms with Gasteiger partial charge in [0.15, 0.2) is 0 Å². The number of thiophene rings is 1. The van der Waals surface area contributed by atoms with Crippen LogP contribution in [0.4, 0.5) is 0 Å². The maximum Gasteiger partial charge on any atom is 0.0938 e. The van der Waals surface area contributed by atoms with Gasteiger partial charge in [-0.3, -0.25) is 0 Å². The van der Waals surface area contributed by atoms with Gasteiger partial charge in [0.1, 0.15) is 0 Å². The van der Waals surface area contributed by atoms with Gasteiger partial charge >= 0.3 is 0 Å². The molecule has 164 valence electrons. The quantitative estimate of drug-likeness (QED) is 0.191. The monoisotopic (exact) mass is 489 g/mol. The molecular formula is C25H47BrPS+. The van der Waals surface area contributed by atoms with Gasteiger partial charge in [-0.1, -0.05) is 66.7 Å². The fourth-order valence-electron chi connectivity index (χ4n) is 4.25. The minimum absolute atomic E-state index is 0.870. The van der Waals surface area contributed by atoms with E-state index in [1.807, 2.05) is 0 Å². The Morgan fingerprint density at radius 1 is 0.643 bits per heavy atom. The second kappa shape index (κ2) is 15.4. The van der Waals surface area contributed by atoms with Crippen LogP contribution in [0.15, 0.2) is 3.79 Å². The van der Waals surface area contributed by atoms with E-state index in [4.69, 9.17) is 0 Å². The molecule has 0 radical (unpaired) electrons. The highest BCUT2D eigenvalue weighted by atomic mass is 79.9. The lowest BCUT2D eigenvalue weighted by Crippen LogP contribution is -2.12. The first-order chi connectivity index (χ1) is 13.6. The Morgan fingerprint density at radius 3 is 1.50 bits per heavy atom. The molecule has 0 N–H and O–H groups in total. The summed E-state index contributed by atoms with van der Waals surface area (Å²) >= 11 is 6.10. The normalized spacial score (nSPS) is 12.1. The fraction of sp³-hybridized carbons (Fsp3) is 0.840. The van der Waals surface area contributed by atoms with Crippen molar-refractivity contribution in [3.05, 3.63) is 19.8 Å². The van der Waals surface area contributed by atoms with E-state index in [1.165, 1.54) is 105 Å². The van der Waals surface area contributed by atoms with Crippen molar-refractivity contribution < 1.29 is 0 Å². The van der Waals surface area contributed by atoms with Crippen LogP contribution in [-0.4, -0.2) is 18.5 Å². The molecule has 0 spiro atoms. The van der Waals surface area contributed by atoms with Crippen LogP contribution in [0.5, 0.6) is 0 Å². The molecule has 0 fully saturated rings. The van der Waals surface area contributed by atoms with E-state index in [2.05, 4.69) is 61.9 Å². The number of unbranched alkanes of at least 4 members (excludes halogenated alkanes) is 5. The zero-order chi connectivity index (χ0) is 20.8. The zero-order valence-corrected chi connectivity index (χ0v) is 22.8. The first kappa shape index (κ1) is 26.6. The summed E-state index contributed by atoms with van der Waals surface area (Å²) in [6, 6.07) is 0. The van der Waals surface area contributed by atoms with Crippen LogP contribution in [0.3, 0.4) is 0 Å². The fourth-order valence-corrected chi connectivity index (χ4v) is 12.2. The van der Waals surface area contributed by atoms with E-state index in [9.17, 15) is 0 Å². The average molecular weight is 491 g/mol. The molecule has 1 aromatic heterocycles. The highest BCUT2D eigenvalue weighted by Gasteiger charge is 2.37. The van der Waals surface area contributed by atoms with Gasteiger partial charge in [0.2, 0.25) is 0 Å². The van der Waals surface area contributed by atoms with Gasteiger partial charge in [-0.05, 0) is 72.0 Å². The van der Waals surface area contributed by atoms with Crippen LogP contribution in [0, 0.1) is 0 Å². The number of halogens is 1. The Morgan fingerprint density at radius 2 is 1.07 bits per heavy atom. The lowest BCUT2D eigenvalue weighted by atomic mass is 10.0. The Kier molecular flexibility index (Phi) is 14.7. The second-order valence-electron chi connectivity index (χ2n) is 8.69. The van der Waals surface area contributed by atoms with Crippen LogP contribution >= 0.6 is 34.5 Å². The zero-order valence-electron chi connectivity index (χ0n) is 19.5. The molecule has 3 heteroatoms.